The van der Waals surface area contributed by atoms with Crippen LogP contribution in [-0.4, -0.2) is 42.5 Å². The molecule has 0 radical (unpaired) electrons. The zero-order chi connectivity index (χ0) is 13.1. The van der Waals surface area contributed by atoms with Gasteiger partial charge in [0.25, 0.3) is 0 Å². The van der Waals surface area contributed by atoms with Gasteiger partial charge in [0, 0.05) is 18.6 Å². The molecule has 1 rings (SSSR count). The number of carbonyl (C=O) groups excluding carboxylic acids is 1. The lowest BCUT2D eigenvalue weighted by Crippen LogP contribution is -2.56. The molecule has 3 N–H and O–H groups in total. The fraction of sp³-hybridized carbons (Fsp3) is 0.923. The van der Waals surface area contributed by atoms with Gasteiger partial charge in [-0.2, -0.15) is 0 Å². The number of amides is 1. The Morgan fingerprint density at radius 3 is 2.24 bits per heavy atom. The fourth-order valence-electron chi connectivity index (χ4n) is 1.85. The van der Waals surface area contributed by atoms with E-state index in [1.54, 1.807) is 0 Å². The van der Waals surface area contributed by atoms with E-state index in [9.17, 15) is 4.79 Å². The molecular weight excluding hydrogens is 214 g/mol. The van der Waals surface area contributed by atoms with Gasteiger partial charge in [0.2, 0.25) is 5.91 Å². The molecule has 4 nitrogen and oxygen atoms in total. The Bertz CT molecular complexity index is 262. The van der Waals surface area contributed by atoms with Crippen molar-refractivity contribution in [3.05, 3.63) is 0 Å². The number of nitrogens with zero attached hydrogens (tertiary/aromatic N) is 1. The van der Waals surface area contributed by atoms with Gasteiger partial charge in [0.1, 0.15) is 0 Å². The summed E-state index contributed by atoms with van der Waals surface area (Å²) in [7, 11) is 0. The molecule has 1 heterocycles. The van der Waals surface area contributed by atoms with Gasteiger partial charge in [0.15, 0.2) is 0 Å². The summed E-state index contributed by atoms with van der Waals surface area (Å²) < 4.78 is 0. The van der Waals surface area contributed by atoms with Gasteiger partial charge in [-0.25, -0.2) is 0 Å². The maximum atomic E-state index is 12.1. The van der Waals surface area contributed by atoms with Crippen molar-refractivity contribution in [3.8, 4) is 0 Å². The molecule has 0 unspecified atom stereocenters. The summed E-state index contributed by atoms with van der Waals surface area (Å²) in [5.41, 5.74) is 4.98. The Hall–Kier alpha value is -0.610. The first-order valence-corrected chi connectivity index (χ1v) is 6.55. The largest absolute Gasteiger partial charge is 0.354 e. The maximum Gasteiger partial charge on any atom is 0.227 e. The van der Waals surface area contributed by atoms with Crippen LogP contribution in [0.15, 0.2) is 0 Å². The molecule has 0 aromatic heterocycles. The summed E-state index contributed by atoms with van der Waals surface area (Å²) in [6.45, 7) is 11.6. The van der Waals surface area contributed by atoms with Crippen LogP contribution in [0, 0.1) is 5.41 Å². The zero-order valence-corrected chi connectivity index (χ0v) is 11.7. The number of hydrogen-bond acceptors (Lipinski definition) is 3. The highest BCUT2D eigenvalue weighted by atomic mass is 16.2. The third kappa shape index (κ3) is 3.68. The third-order valence-corrected chi connectivity index (χ3v) is 4.09. The SMILES string of the molecule is CC(C)(N)C(C)(C)C(=O)NCCN1CCCC1. The molecule has 0 spiro atoms. The van der Waals surface area contributed by atoms with Gasteiger partial charge >= 0.3 is 0 Å². The first-order chi connectivity index (χ1) is 7.75. The molecule has 0 bridgehead atoms. The Labute approximate surface area is 105 Å². The number of hydrogen-bond donors (Lipinski definition) is 2. The molecule has 100 valence electrons. The third-order valence-electron chi connectivity index (χ3n) is 4.09. The van der Waals surface area contributed by atoms with Crippen molar-refractivity contribution < 1.29 is 4.79 Å². The minimum atomic E-state index is -0.544. The predicted molar refractivity (Wildman–Crippen MR) is 70.7 cm³/mol. The monoisotopic (exact) mass is 241 g/mol. The minimum Gasteiger partial charge on any atom is -0.354 e. The van der Waals surface area contributed by atoms with Crippen LogP contribution in [0.4, 0.5) is 0 Å². The van der Waals surface area contributed by atoms with Gasteiger partial charge in [-0.3, -0.25) is 4.79 Å². The van der Waals surface area contributed by atoms with Gasteiger partial charge in [-0.1, -0.05) is 0 Å². The van der Waals surface area contributed by atoms with E-state index in [0.29, 0.717) is 0 Å². The lowest BCUT2D eigenvalue weighted by Gasteiger charge is -2.37. The van der Waals surface area contributed by atoms with Crippen LogP contribution in [0.25, 0.3) is 0 Å². The molecule has 4 heteroatoms. The summed E-state index contributed by atoms with van der Waals surface area (Å²) in [5.74, 6) is 0.0456. The Morgan fingerprint density at radius 1 is 1.24 bits per heavy atom. The quantitative estimate of drug-likeness (QED) is 0.754. The van der Waals surface area contributed by atoms with E-state index in [2.05, 4.69) is 10.2 Å². The lowest BCUT2D eigenvalue weighted by atomic mass is 9.74. The lowest BCUT2D eigenvalue weighted by molar-refractivity contribution is -0.132. The van der Waals surface area contributed by atoms with Crippen molar-refractivity contribution >= 4 is 5.91 Å². The molecule has 0 aromatic carbocycles. The van der Waals surface area contributed by atoms with E-state index >= 15 is 0 Å². The van der Waals surface area contributed by atoms with E-state index in [-0.39, 0.29) is 5.91 Å². The average molecular weight is 241 g/mol. The first kappa shape index (κ1) is 14.5. The Morgan fingerprint density at radius 2 is 1.76 bits per heavy atom. The van der Waals surface area contributed by atoms with Crippen LogP contribution < -0.4 is 11.1 Å². The molecule has 1 amide bonds. The van der Waals surface area contributed by atoms with E-state index < -0.39 is 11.0 Å². The van der Waals surface area contributed by atoms with Crippen molar-refractivity contribution in [2.24, 2.45) is 11.1 Å². The summed E-state index contributed by atoms with van der Waals surface area (Å²) in [6.07, 6.45) is 2.57. The smallest absolute Gasteiger partial charge is 0.227 e. The highest BCUT2D eigenvalue weighted by Crippen LogP contribution is 2.28. The topological polar surface area (TPSA) is 58.4 Å². The molecule has 0 aromatic rings. The van der Waals surface area contributed by atoms with Gasteiger partial charge < -0.3 is 16.0 Å². The zero-order valence-electron chi connectivity index (χ0n) is 11.7. The molecule has 0 aliphatic carbocycles. The van der Waals surface area contributed by atoms with Crippen molar-refractivity contribution in [3.63, 3.8) is 0 Å². The predicted octanol–water partition coefficient (Wildman–Crippen LogP) is 0.962. The molecular formula is C13H27N3O. The number of carbonyl (C=O) groups is 1. The second kappa shape index (κ2) is 5.36. The van der Waals surface area contributed by atoms with E-state index in [1.807, 2.05) is 27.7 Å². The van der Waals surface area contributed by atoms with Crippen LogP contribution in [0.3, 0.4) is 0 Å². The first-order valence-electron chi connectivity index (χ1n) is 6.55. The van der Waals surface area contributed by atoms with E-state index in [4.69, 9.17) is 5.73 Å². The van der Waals surface area contributed by atoms with Crippen LogP contribution in [0.1, 0.15) is 40.5 Å². The number of nitrogens with one attached hydrogen (secondary N) is 1. The number of likely N-dealkylation sites (tertiary alicyclic amines) is 1. The normalized spacial score (nSPS) is 18.4. The maximum absolute atomic E-state index is 12.1. The summed E-state index contributed by atoms with van der Waals surface area (Å²) in [6, 6.07) is 0. The van der Waals surface area contributed by atoms with Crippen molar-refractivity contribution in [1.82, 2.24) is 10.2 Å². The van der Waals surface area contributed by atoms with Gasteiger partial charge in [-0.15, -0.1) is 0 Å². The van der Waals surface area contributed by atoms with Gasteiger partial charge in [-0.05, 0) is 53.6 Å². The van der Waals surface area contributed by atoms with Crippen LogP contribution in [0.5, 0.6) is 0 Å². The second-order valence-corrected chi connectivity index (χ2v) is 6.15. The standard InChI is InChI=1S/C13H27N3O/c1-12(2,13(3,4)14)11(17)15-7-10-16-8-5-6-9-16/h5-10,14H2,1-4H3,(H,15,17). The summed E-state index contributed by atoms with van der Waals surface area (Å²) in [5, 5.41) is 3.00. The fourth-order valence-corrected chi connectivity index (χ4v) is 1.85. The van der Waals surface area contributed by atoms with E-state index in [0.717, 1.165) is 13.1 Å². The Balaban J connectivity index is 2.33. The molecule has 17 heavy (non-hydrogen) atoms. The average Bonchev–Trinajstić information content (AvgIpc) is 2.68. The molecule has 0 atom stereocenters. The molecule has 1 fully saturated rings. The summed E-state index contributed by atoms with van der Waals surface area (Å²) in [4.78, 5) is 14.5. The highest BCUT2D eigenvalue weighted by molar-refractivity contribution is 5.83. The number of rotatable bonds is 5. The van der Waals surface area contributed by atoms with Crippen LogP contribution >= 0.6 is 0 Å². The van der Waals surface area contributed by atoms with Crippen LogP contribution in [0.2, 0.25) is 0 Å². The van der Waals surface area contributed by atoms with Crippen molar-refractivity contribution in [2.75, 3.05) is 26.2 Å². The van der Waals surface area contributed by atoms with Crippen molar-refractivity contribution in [2.45, 2.75) is 46.1 Å². The highest BCUT2D eigenvalue weighted by Gasteiger charge is 2.40. The number of nitrogens with two attached hydrogens (primary N) is 1. The Kier molecular flexibility index (Phi) is 4.55. The molecule has 0 saturated carbocycles. The molecule has 1 aliphatic rings. The van der Waals surface area contributed by atoms with E-state index in [1.165, 1.54) is 25.9 Å². The molecule has 1 aliphatic heterocycles. The van der Waals surface area contributed by atoms with Crippen molar-refractivity contribution in [1.29, 1.82) is 0 Å². The molecule has 1 saturated heterocycles. The minimum absolute atomic E-state index is 0.0456. The summed E-state index contributed by atoms with van der Waals surface area (Å²) >= 11 is 0. The second-order valence-electron chi connectivity index (χ2n) is 6.15. The van der Waals surface area contributed by atoms with Crippen LogP contribution in [-0.2, 0) is 4.79 Å². The van der Waals surface area contributed by atoms with Gasteiger partial charge in [0.05, 0.1) is 5.41 Å².